The van der Waals surface area contributed by atoms with Crippen molar-refractivity contribution in [1.29, 1.82) is 0 Å². The molecule has 7 nitrogen and oxygen atoms in total. The Hall–Kier alpha value is -2.09. The van der Waals surface area contributed by atoms with Crippen LogP contribution in [0, 0.1) is 0 Å². The molecule has 1 N–H and O–H groups in total. The number of morpholine rings is 1. The molecule has 4 rings (SSSR count). The van der Waals surface area contributed by atoms with Gasteiger partial charge in [-0.15, -0.1) is 0 Å². The molecule has 29 heavy (non-hydrogen) atoms. The van der Waals surface area contributed by atoms with Crippen LogP contribution in [0.25, 0.3) is 11.0 Å². The summed E-state index contributed by atoms with van der Waals surface area (Å²) in [5.41, 5.74) is 1.79. The number of fused-ring (bicyclic) bond motifs is 1. The van der Waals surface area contributed by atoms with Gasteiger partial charge in [0.1, 0.15) is 17.4 Å². The molecule has 2 heterocycles. The molecular weight excluding hydrogens is 372 g/mol. The number of rotatable bonds is 9. The van der Waals surface area contributed by atoms with Gasteiger partial charge in [-0.3, -0.25) is 4.79 Å². The van der Waals surface area contributed by atoms with Crippen LogP contribution in [0.1, 0.15) is 37.8 Å². The Labute approximate surface area is 171 Å². The Morgan fingerprint density at radius 2 is 2.21 bits per heavy atom. The fourth-order valence-electron chi connectivity index (χ4n) is 3.90. The van der Waals surface area contributed by atoms with E-state index in [9.17, 15) is 4.79 Å². The zero-order valence-electron chi connectivity index (χ0n) is 17.2. The number of ether oxygens (including phenoxy) is 3. The van der Waals surface area contributed by atoms with Gasteiger partial charge in [-0.1, -0.05) is 0 Å². The molecule has 2 fully saturated rings. The first-order valence-electron chi connectivity index (χ1n) is 10.5. The molecule has 1 saturated carbocycles. The molecule has 2 aliphatic rings. The van der Waals surface area contributed by atoms with Crippen LogP contribution in [0.15, 0.2) is 28.9 Å². The van der Waals surface area contributed by atoms with Crippen LogP contribution in [0.2, 0.25) is 0 Å². The van der Waals surface area contributed by atoms with Gasteiger partial charge >= 0.3 is 0 Å². The third-order valence-corrected chi connectivity index (χ3v) is 5.60. The van der Waals surface area contributed by atoms with Crippen molar-refractivity contribution in [2.24, 2.45) is 0 Å². The van der Waals surface area contributed by atoms with E-state index in [-0.39, 0.29) is 18.0 Å². The summed E-state index contributed by atoms with van der Waals surface area (Å²) in [5.74, 6) is 0.849. The highest BCUT2D eigenvalue weighted by molar-refractivity contribution is 5.86. The highest BCUT2D eigenvalue weighted by atomic mass is 16.5. The second-order valence-electron chi connectivity index (χ2n) is 7.76. The van der Waals surface area contributed by atoms with Crippen LogP contribution in [0.5, 0.6) is 5.75 Å². The lowest BCUT2D eigenvalue weighted by Gasteiger charge is -2.34. The van der Waals surface area contributed by atoms with Crippen LogP contribution in [-0.4, -0.2) is 63.0 Å². The van der Waals surface area contributed by atoms with E-state index in [1.807, 2.05) is 23.1 Å². The molecule has 2 aromatic rings. The van der Waals surface area contributed by atoms with Gasteiger partial charge in [0, 0.05) is 39.3 Å². The number of carbonyl (C=O) groups is 1. The fourth-order valence-corrected chi connectivity index (χ4v) is 3.90. The number of benzene rings is 1. The molecule has 0 radical (unpaired) electrons. The fraction of sp³-hybridized carbons (Fsp3) is 0.591. The molecule has 1 aliphatic carbocycles. The molecule has 0 bridgehead atoms. The normalized spacial score (nSPS) is 20.6. The minimum absolute atomic E-state index is 0.0642. The molecule has 1 saturated heterocycles. The van der Waals surface area contributed by atoms with Gasteiger partial charge in [-0.05, 0) is 43.5 Å². The Morgan fingerprint density at radius 1 is 1.34 bits per heavy atom. The molecule has 2 atom stereocenters. The van der Waals surface area contributed by atoms with Crippen LogP contribution < -0.4 is 10.1 Å². The summed E-state index contributed by atoms with van der Waals surface area (Å²) >= 11 is 0. The highest BCUT2D eigenvalue weighted by Crippen LogP contribution is 2.38. The Bertz CT molecular complexity index is 826. The molecular formula is C22H30N2O5. The zero-order chi connectivity index (χ0) is 20.2. The van der Waals surface area contributed by atoms with E-state index in [1.165, 1.54) is 0 Å². The predicted octanol–water partition coefficient (Wildman–Crippen LogP) is 2.89. The van der Waals surface area contributed by atoms with E-state index in [2.05, 4.69) is 12.2 Å². The molecule has 7 heteroatoms. The molecule has 158 valence electrons. The van der Waals surface area contributed by atoms with Crippen LogP contribution in [0.3, 0.4) is 0 Å². The molecule has 1 aromatic carbocycles. The van der Waals surface area contributed by atoms with E-state index in [0.717, 1.165) is 48.1 Å². The van der Waals surface area contributed by atoms with Gasteiger partial charge < -0.3 is 28.8 Å². The van der Waals surface area contributed by atoms with E-state index < -0.39 is 6.10 Å². The molecule has 0 spiro atoms. The van der Waals surface area contributed by atoms with Crippen molar-refractivity contribution in [2.75, 3.05) is 40.0 Å². The maximum atomic E-state index is 13.2. The first-order valence-corrected chi connectivity index (χ1v) is 10.5. The predicted molar refractivity (Wildman–Crippen MR) is 109 cm³/mol. The molecule has 2 unspecified atom stereocenters. The maximum absolute atomic E-state index is 13.2. The average molecular weight is 402 g/mol. The van der Waals surface area contributed by atoms with Crippen molar-refractivity contribution in [3.8, 4) is 5.75 Å². The number of furan rings is 1. The number of hydrogen-bond acceptors (Lipinski definition) is 6. The second-order valence-corrected chi connectivity index (χ2v) is 7.76. The lowest BCUT2D eigenvalue weighted by Crippen LogP contribution is -2.50. The minimum atomic E-state index is -0.413. The zero-order valence-corrected chi connectivity index (χ0v) is 17.2. The van der Waals surface area contributed by atoms with E-state index in [4.69, 9.17) is 18.6 Å². The summed E-state index contributed by atoms with van der Waals surface area (Å²) in [6.07, 6.45) is 4.16. The first kappa shape index (κ1) is 20.2. The number of carbonyl (C=O) groups excluding carboxylic acids is 1. The van der Waals surface area contributed by atoms with Gasteiger partial charge in [0.05, 0.1) is 30.9 Å². The summed E-state index contributed by atoms with van der Waals surface area (Å²) < 4.78 is 22.5. The third kappa shape index (κ3) is 4.57. The third-order valence-electron chi connectivity index (χ3n) is 5.60. The Morgan fingerprint density at radius 3 is 2.93 bits per heavy atom. The number of nitrogens with zero attached hydrogens (tertiary/aromatic N) is 1. The average Bonchev–Trinajstić information content (AvgIpc) is 3.46. The molecule has 1 amide bonds. The Kier molecular flexibility index (Phi) is 6.37. The molecule has 1 aliphatic heterocycles. The summed E-state index contributed by atoms with van der Waals surface area (Å²) in [6, 6.07) is 6.17. The van der Waals surface area contributed by atoms with Gasteiger partial charge in [-0.2, -0.15) is 0 Å². The van der Waals surface area contributed by atoms with Crippen molar-refractivity contribution >= 4 is 16.9 Å². The van der Waals surface area contributed by atoms with Gasteiger partial charge in [-0.25, -0.2) is 0 Å². The summed E-state index contributed by atoms with van der Waals surface area (Å²) in [6.45, 7) is 5.23. The lowest BCUT2D eigenvalue weighted by atomic mass is 10.0. The smallest absolute Gasteiger partial charge is 0.253 e. The number of hydrogen-bond donors (Lipinski definition) is 1. The number of amides is 1. The lowest BCUT2D eigenvalue weighted by molar-refractivity contribution is -0.148. The van der Waals surface area contributed by atoms with Gasteiger partial charge in [0.2, 0.25) is 0 Å². The number of nitrogens with one attached hydrogen (secondary N) is 1. The van der Waals surface area contributed by atoms with Crippen molar-refractivity contribution in [1.82, 2.24) is 10.2 Å². The second kappa shape index (κ2) is 9.15. The summed E-state index contributed by atoms with van der Waals surface area (Å²) in [7, 11) is 1.69. The highest BCUT2D eigenvalue weighted by Gasteiger charge is 2.40. The SMILES string of the molecule is COCCCOc1cc(C(C)N(C(=O)C2CNCCO2)C2CC2)cc2occc12. The Balaban J connectivity index is 1.57. The summed E-state index contributed by atoms with van der Waals surface area (Å²) in [5, 5.41) is 4.20. The largest absolute Gasteiger partial charge is 0.493 e. The standard InChI is InChI=1S/C22H30N2O5/c1-15(24(17-4-5-17)22(25)21-14-23-7-11-29-21)16-12-19(27-9-3-8-26-2)18-6-10-28-20(18)13-16/h6,10,12-13,15,17,21,23H,3-5,7-9,11,14H2,1-2H3. The van der Waals surface area contributed by atoms with Gasteiger partial charge in [0.15, 0.2) is 0 Å². The van der Waals surface area contributed by atoms with Crippen LogP contribution in [0.4, 0.5) is 0 Å². The topological polar surface area (TPSA) is 73.2 Å². The quantitative estimate of drug-likeness (QED) is 0.650. The van der Waals surface area contributed by atoms with Gasteiger partial charge in [0.25, 0.3) is 5.91 Å². The summed E-state index contributed by atoms with van der Waals surface area (Å²) in [4.78, 5) is 15.2. The van der Waals surface area contributed by atoms with E-state index in [1.54, 1.807) is 13.4 Å². The van der Waals surface area contributed by atoms with Crippen molar-refractivity contribution < 1.29 is 23.4 Å². The van der Waals surface area contributed by atoms with Crippen LogP contribution >= 0.6 is 0 Å². The van der Waals surface area contributed by atoms with E-state index >= 15 is 0 Å². The van der Waals surface area contributed by atoms with Crippen LogP contribution in [-0.2, 0) is 14.3 Å². The monoisotopic (exact) mass is 402 g/mol. The van der Waals surface area contributed by atoms with E-state index in [0.29, 0.717) is 26.4 Å². The van der Waals surface area contributed by atoms with Crippen molar-refractivity contribution in [3.63, 3.8) is 0 Å². The maximum Gasteiger partial charge on any atom is 0.253 e. The van der Waals surface area contributed by atoms with Crippen molar-refractivity contribution in [3.05, 3.63) is 30.0 Å². The number of methoxy groups -OCH3 is 1. The van der Waals surface area contributed by atoms with Crippen molar-refractivity contribution in [2.45, 2.75) is 44.4 Å². The molecule has 1 aromatic heterocycles. The first-order chi connectivity index (χ1) is 14.2. The minimum Gasteiger partial charge on any atom is -0.493 e.